The van der Waals surface area contributed by atoms with Crippen LogP contribution in [-0.4, -0.2) is 24.0 Å². The molecule has 0 bridgehead atoms. The van der Waals surface area contributed by atoms with Crippen LogP contribution in [0.25, 0.3) is 11.7 Å². The second kappa shape index (κ2) is 10.1. The van der Waals surface area contributed by atoms with Gasteiger partial charge in [-0.2, -0.15) is 10.2 Å². The fourth-order valence-corrected chi connectivity index (χ4v) is 4.60. The van der Waals surface area contributed by atoms with Crippen molar-refractivity contribution in [2.24, 2.45) is 5.92 Å². The van der Waals surface area contributed by atoms with Crippen molar-refractivity contribution in [2.75, 3.05) is 18.0 Å². The molecule has 1 unspecified atom stereocenters. The van der Waals surface area contributed by atoms with Crippen LogP contribution >= 0.6 is 11.6 Å². The third-order valence-electron chi connectivity index (χ3n) is 6.20. The van der Waals surface area contributed by atoms with E-state index in [0.29, 0.717) is 42.6 Å². The van der Waals surface area contributed by atoms with Gasteiger partial charge in [0.15, 0.2) is 5.76 Å². The van der Waals surface area contributed by atoms with Crippen LogP contribution < -0.4 is 10.2 Å². The average molecular weight is 487 g/mol. The number of piperidine rings is 1. The molecule has 4 aromatic rings. The minimum absolute atomic E-state index is 0.00664. The molecule has 8 heteroatoms. The third kappa shape index (κ3) is 4.93. The number of nitrogens with one attached hydrogen (secondary N) is 1. The number of nitriles is 1. The van der Waals surface area contributed by atoms with Crippen molar-refractivity contribution in [1.82, 2.24) is 10.3 Å². The molecular weight excluding hydrogens is 464 g/mol. The summed E-state index contributed by atoms with van der Waals surface area (Å²) in [4.78, 5) is 19.5. The Morgan fingerprint density at radius 1 is 1.09 bits per heavy atom. The number of rotatable bonds is 6. The Balaban J connectivity index is 1.29. The summed E-state index contributed by atoms with van der Waals surface area (Å²) in [7, 11) is 0. The Morgan fingerprint density at radius 3 is 2.54 bits per heavy atom. The second-order valence-electron chi connectivity index (χ2n) is 8.43. The molecule has 176 valence electrons. The molecule has 1 aliphatic rings. The summed E-state index contributed by atoms with van der Waals surface area (Å²) >= 11 is 6.23. The first kappa shape index (κ1) is 22.8. The van der Waals surface area contributed by atoms with Crippen LogP contribution in [0.2, 0.25) is 5.02 Å². The van der Waals surface area contributed by atoms with E-state index in [1.807, 2.05) is 59.5 Å². The second-order valence-corrected chi connectivity index (χ2v) is 8.87. The number of aromatic nitrogens is 1. The molecule has 2 aromatic heterocycles. The number of furan rings is 1. The lowest BCUT2D eigenvalue weighted by molar-refractivity contribution is -0.126. The molecule has 1 fully saturated rings. The lowest BCUT2D eigenvalue weighted by Crippen LogP contribution is -2.42. The molecule has 0 saturated carbocycles. The van der Waals surface area contributed by atoms with Crippen LogP contribution in [0.5, 0.6) is 0 Å². The first-order valence-electron chi connectivity index (χ1n) is 11.4. The summed E-state index contributed by atoms with van der Waals surface area (Å²) in [6, 6.07) is 22.7. The highest BCUT2D eigenvalue weighted by Crippen LogP contribution is 2.32. The molecule has 0 radical (unpaired) electrons. The van der Waals surface area contributed by atoms with E-state index in [4.69, 9.17) is 20.4 Å². The zero-order chi connectivity index (χ0) is 24.2. The normalized spacial score (nSPS) is 14.9. The predicted octanol–water partition coefficient (Wildman–Crippen LogP) is 5.58. The zero-order valence-electron chi connectivity index (χ0n) is 18.9. The molecule has 1 atom stereocenters. The molecule has 1 N–H and O–H groups in total. The zero-order valence-corrected chi connectivity index (χ0v) is 19.6. The number of benzene rings is 2. The number of anilines is 1. The van der Waals surface area contributed by atoms with Crippen molar-refractivity contribution >= 4 is 23.4 Å². The van der Waals surface area contributed by atoms with Gasteiger partial charge in [0.2, 0.25) is 17.5 Å². The number of hydrogen-bond acceptors (Lipinski definition) is 6. The minimum atomic E-state index is -0.296. The Hall–Kier alpha value is -4.02. The monoisotopic (exact) mass is 486 g/mol. The van der Waals surface area contributed by atoms with Gasteiger partial charge in [0.25, 0.3) is 5.89 Å². The van der Waals surface area contributed by atoms with E-state index in [0.717, 1.165) is 11.1 Å². The lowest BCUT2D eigenvalue weighted by Gasteiger charge is -2.32. The topological polar surface area (TPSA) is 95.3 Å². The summed E-state index contributed by atoms with van der Waals surface area (Å²) < 4.78 is 11.2. The Bertz CT molecular complexity index is 1340. The molecular formula is C27H23ClN4O3. The highest BCUT2D eigenvalue weighted by Gasteiger charge is 2.30. The fourth-order valence-electron chi connectivity index (χ4n) is 4.40. The van der Waals surface area contributed by atoms with E-state index in [1.165, 1.54) is 6.26 Å². The van der Waals surface area contributed by atoms with E-state index in [9.17, 15) is 10.1 Å². The standard InChI is InChI=1S/C27H23ClN4O3/c28-21-9-4-8-20(16-21)24(18-6-2-1-3-7-18)31-25(33)19-11-13-32(14-12-19)27-22(17-29)30-26(35-27)23-10-5-15-34-23/h1-10,15-16,19,24H,11-14H2,(H,31,33). The van der Waals surface area contributed by atoms with Gasteiger partial charge in [-0.15, -0.1) is 0 Å². The van der Waals surface area contributed by atoms with Gasteiger partial charge < -0.3 is 19.1 Å². The van der Waals surface area contributed by atoms with E-state index < -0.39 is 0 Å². The van der Waals surface area contributed by atoms with Gasteiger partial charge in [-0.25, -0.2) is 0 Å². The maximum atomic E-state index is 13.3. The van der Waals surface area contributed by atoms with Crippen LogP contribution in [0.1, 0.15) is 35.7 Å². The van der Waals surface area contributed by atoms with Gasteiger partial charge in [0, 0.05) is 24.0 Å². The van der Waals surface area contributed by atoms with Crippen molar-refractivity contribution in [1.29, 1.82) is 5.26 Å². The molecule has 5 rings (SSSR count). The molecule has 7 nitrogen and oxygen atoms in total. The number of oxazole rings is 1. The summed E-state index contributed by atoms with van der Waals surface area (Å²) in [5.41, 5.74) is 2.14. The quantitative estimate of drug-likeness (QED) is 0.382. The molecule has 2 aromatic carbocycles. The van der Waals surface area contributed by atoms with Crippen LogP contribution in [0.4, 0.5) is 5.88 Å². The number of amides is 1. The van der Waals surface area contributed by atoms with E-state index in [2.05, 4.69) is 16.4 Å². The number of hydrogen-bond donors (Lipinski definition) is 1. The number of carbonyl (C=O) groups excluding carboxylic acids is 1. The van der Waals surface area contributed by atoms with Crippen LogP contribution in [-0.2, 0) is 4.79 Å². The molecule has 0 spiro atoms. The first-order chi connectivity index (χ1) is 17.1. The predicted molar refractivity (Wildman–Crippen MR) is 132 cm³/mol. The van der Waals surface area contributed by atoms with Crippen LogP contribution in [0, 0.1) is 17.2 Å². The first-order valence-corrected chi connectivity index (χ1v) is 11.8. The highest BCUT2D eigenvalue weighted by molar-refractivity contribution is 6.30. The number of carbonyl (C=O) groups is 1. The minimum Gasteiger partial charge on any atom is -0.459 e. The Morgan fingerprint density at radius 2 is 1.86 bits per heavy atom. The largest absolute Gasteiger partial charge is 0.459 e. The van der Waals surface area contributed by atoms with Crippen LogP contribution in [0.3, 0.4) is 0 Å². The number of halogens is 1. The van der Waals surface area contributed by atoms with Crippen molar-refractivity contribution in [3.63, 3.8) is 0 Å². The van der Waals surface area contributed by atoms with Gasteiger partial charge in [-0.1, -0.05) is 54.1 Å². The SMILES string of the molecule is N#Cc1nc(-c2ccco2)oc1N1CCC(C(=O)NC(c2ccccc2)c2cccc(Cl)c2)CC1. The maximum absolute atomic E-state index is 13.3. The van der Waals surface area contributed by atoms with E-state index in [1.54, 1.807) is 12.1 Å². The lowest BCUT2D eigenvalue weighted by atomic mass is 9.93. The summed E-state index contributed by atoms with van der Waals surface area (Å²) in [6.45, 7) is 1.15. The van der Waals surface area contributed by atoms with Crippen LogP contribution in [0.15, 0.2) is 81.8 Å². The van der Waals surface area contributed by atoms with Gasteiger partial charge in [0.1, 0.15) is 6.07 Å². The van der Waals surface area contributed by atoms with Crippen molar-refractivity contribution in [2.45, 2.75) is 18.9 Å². The maximum Gasteiger partial charge on any atom is 0.266 e. The van der Waals surface area contributed by atoms with Crippen molar-refractivity contribution in [3.8, 4) is 17.7 Å². The fraction of sp³-hybridized carbons (Fsp3) is 0.222. The smallest absolute Gasteiger partial charge is 0.266 e. The van der Waals surface area contributed by atoms with Crippen molar-refractivity contribution in [3.05, 3.63) is 94.8 Å². The molecule has 0 aliphatic carbocycles. The average Bonchev–Trinajstić information content (AvgIpc) is 3.58. The van der Waals surface area contributed by atoms with Crippen molar-refractivity contribution < 1.29 is 13.6 Å². The Labute approximate surface area is 207 Å². The number of nitrogens with zero attached hydrogens (tertiary/aromatic N) is 3. The van der Waals surface area contributed by atoms with Gasteiger partial charge in [-0.05, 0) is 48.2 Å². The van der Waals surface area contributed by atoms with Gasteiger partial charge in [-0.3, -0.25) is 4.79 Å². The molecule has 3 heterocycles. The highest BCUT2D eigenvalue weighted by atomic mass is 35.5. The summed E-state index contributed by atoms with van der Waals surface area (Å²) in [5, 5.41) is 13.4. The summed E-state index contributed by atoms with van der Waals surface area (Å²) in [5.74, 6) is 0.991. The third-order valence-corrected chi connectivity index (χ3v) is 6.44. The molecule has 1 aliphatic heterocycles. The summed E-state index contributed by atoms with van der Waals surface area (Å²) in [6.07, 6.45) is 2.79. The van der Waals surface area contributed by atoms with E-state index in [-0.39, 0.29) is 29.5 Å². The van der Waals surface area contributed by atoms with Gasteiger partial charge in [0.05, 0.1) is 12.3 Å². The molecule has 1 amide bonds. The van der Waals surface area contributed by atoms with E-state index >= 15 is 0 Å². The molecule has 1 saturated heterocycles. The molecule has 35 heavy (non-hydrogen) atoms. The van der Waals surface area contributed by atoms with Gasteiger partial charge >= 0.3 is 0 Å². The Kier molecular flexibility index (Phi) is 6.55.